The van der Waals surface area contributed by atoms with Crippen molar-refractivity contribution in [2.24, 2.45) is 0 Å². The van der Waals surface area contributed by atoms with Crippen LogP contribution in [0.2, 0.25) is 5.02 Å². The molecule has 20 heavy (non-hydrogen) atoms. The van der Waals surface area contributed by atoms with Crippen LogP contribution in [0.5, 0.6) is 0 Å². The number of halogens is 1. The van der Waals surface area contributed by atoms with Gasteiger partial charge >= 0.3 is 0 Å². The molecule has 4 heteroatoms. The van der Waals surface area contributed by atoms with E-state index in [2.05, 4.69) is 13.8 Å². The van der Waals surface area contributed by atoms with Gasteiger partial charge in [-0.05, 0) is 37.1 Å². The molecule has 0 atom stereocenters. The largest absolute Gasteiger partial charge is 0.300 e. The maximum atomic E-state index is 8.31. The molecule has 0 radical (unpaired) electrons. The highest BCUT2D eigenvalue weighted by molar-refractivity contribution is 7.38. The van der Waals surface area contributed by atoms with E-state index in [0.29, 0.717) is 5.36 Å². The van der Waals surface area contributed by atoms with Gasteiger partial charge in [0.05, 0.1) is 9.37 Å². The Hall–Kier alpha value is -1.16. The lowest BCUT2D eigenvalue weighted by atomic mass is 10.0. The zero-order valence-corrected chi connectivity index (χ0v) is 13.7. The molecule has 0 saturated heterocycles. The Balaban J connectivity index is 2.38. The molecule has 0 aliphatic carbocycles. The molecule has 102 valence electrons. The van der Waals surface area contributed by atoms with E-state index >= 15 is 0 Å². The minimum Gasteiger partial charge on any atom is -0.300 e. The monoisotopic (exact) mass is 319 g/mol. The molecule has 0 fully saturated rings. The van der Waals surface area contributed by atoms with Crippen LogP contribution in [0.4, 0.5) is 0 Å². The van der Waals surface area contributed by atoms with Gasteiger partial charge in [0, 0.05) is 25.7 Å². The summed E-state index contributed by atoms with van der Waals surface area (Å²) < 4.78 is 1.25. The van der Waals surface area contributed by atoms with Crippen molar-refractivity contribution < 1.29 is 0 Å². The third kappa shape index (κ3) is 2.30. The highest BCUT2D eigenvalue weighted by Crippen LogP contribution is 2.39. The normalized spacial score (nSPS) is 11.2. The van der Waals surface area contributed by atoms with E-state index in [0.717, 1.165) is 22.4 Å². The van der Waals surface area contributed by atoms with Gasteiger partial charge in [0.2, 0.25) is 0 Å². The Morgan fingerprint density at radius 2 is 1.85 bits per heavy atom. The maximum Gasteiger partial charge on any atom is 0.0898 e. The first-order chi connectivity index (χ1) is 9.60. The molecule has 0 unspecified atom stereocenters. The van der Waals surface area contributed by atoms with Crippen LogP contribution in [0.3, 0.4) is 0 Å². The highest BCUT2D eigenvalue weighted by atomic mass is 35.5. The second kappa shape index (κ2) is 5.32. The summed E-state index contributed by atoms with van der Waals surface area (Å²) >= 11 is 9.58. The van der Waals surface area contributed by atoms with Gasteiger partial charge in [0.1, 0.15) is 0 Å². The molecule has 3 rings (SSSR count). The smallest absolute Gasteiger partial charge is 0.0898 e. The Kier molecular flexibility index (Phi) is 3.67. The Labute approximate surface area is 131 Å². The number of thiophene rings is 1. The van der Waals surface area contributed by atoms with Crippen molar-refractivity contribution in [3.63, 3.8) is 0 Å². The van der Waals surface area contributed by atoms with Crippen molar-refractivity contribution in [2.75, 3.05) is 0 Å². The fourth-order valence-corrected chi connectivity index (χ4v) is 5.17. The van der Waals surface area contributed by atoms with Crippen LogP contribution in [0.1, 0.15) is 16.7 Å². The molecule has 1 N–H and O–H groups in total. The number of rotatable bonds is 2. The quantitative estimate of drug-likeness (QED) is 0.632. The lowest BCUT2D eigenvalue weighted by molar-refractivity contribution is 1.19. The van der Waals surface area contributed by atoms with E-state index in [1.807, 2.05) is 41.7 Å². The van der Waals surface area contributed by atoms with Crippen molar-refractivity contribution in [3.8, 4) is 11.1 Å². The van der Waals surface area contributed by atoms with Crippen LogP contribution in [-0.4, -0.2) is 0 Å². The van der Waals surface area contributed by atoms with E-state index in [-0.39, 0.29) is 0 Å². The molecule has 0 aliphatic rings. The van der Waals surface area contributed by atoms with Crippen molar-refractivity contribution in [3.05, 3.63) is 50.5 Å². The van der Waals surface area contributed by atoms with Crippen molar-refractivity contribution in [1.29, 1.82) is 5.41 Å². The molecular formula is C16H14ClNS2. The summed E-state index contributed by atoms with van der Waals surface area (Å²) in [6.45, 7) is 4.24. The van der Waals surface area contributed by atoms with Crippen LogP contribution < -0.4 is 5.36 Å². The molecule has 1 aromatic carbocycles. The number of fused-ring (bicyclic) bond motifs is 1. The summed E-state index contributed by atoms with van der Waals surface area (Å²) in [5.41, 5.74) is 2.37. The van der Waals surface area contributed by atoms with E-state index in [1.165, 1.54) is 19.3 Å². The first-order valence-corrected chi connectivity index (χ1v) is 8.48. The molecule has 0 bridgehead atoms. The number of hydrogen-bond acceptors (Lipinski definition) is 3. The minimum atomic E-state index is 0.622. The standard InChI is InChI=1S/C16H14ClNS2/c1-3-13-14(10-4-6-11(17)7-5-10)15-12(18)8-9(2)19-16(15)20-13/h4-8,18H,3H2,1-2H3. The molecule has 2 aromatic heterocycles. The Morgan fingerprint density at radius 1 is 1.15 bits per heavy atom. The molecule has 0 saturated carbocycles. The molecule has 3 aromatic rings. The summed E-state index contributed by atoms with van der Waals surface area (Å²) in [6.07, 6.45) is 0.989. The van der Waals surface area contributed by atoms with Gasteiger partial charge in [0.15, 0.2) is 0 Å². The fourth-order valence-electron chi connectivity index (χ4n) is 2.39. The highest BCUT2D eigenvalue weighted by Gasteiger charge is 2.15. The summed E-state index contributed by atoms with van der Waals surface area (Å²) in [5.74, 6) is 0. The predicted molar refractivity (Wildman–Crippen MR) is 90.1 cm³/mol. The van der Waals surface area contributed by atoms with Crippen LogP contribution in [-0.2, 0) is 6.42 Å². The molecule has 0 amide bonds. The van der Waals surface area contributed by atoms with Gasteiger partial charge in [-0.15, -0.1) is 22.7 Å². The van der Waals surface area contributed by atoms with Gasteiger partial charge < -0.3 is 5.41 Å². The molecule has 1 nitrogen and oxygen atoms in total. The topological polar surface area (TPSA) is 23.9 Å². The van der Waals surface area contributed by atoms with Crippen LogP contribution in [0.25, 0.3) is 20.5 Å². The van der Waals surface area contributed by atoms with Crippen molar-refractivity contribution in [2.45, 2.75) is 20.3 Å². The summed E-state index contributed by atoms with van der Waals surface area (Å²) in [5, 5.41) is 10.8. The number of aryl methyl sites for hydroxylation is 2. The molecular weight excluding hydrogens is 306 g/mol. The zero-order chi connectivity index (χ0) is 14.3. The Bertz CT molecular complexity index is 828. The van der Waals surface area contributed by atoms with Gasteiger partial charge in [-0.1, -0.05) is 30.7 Å². The zero-order valence-electron chi connectivity index (χ0n) is 11.3. The lowest BCUT2D eigenvalue weighted by Gasteiger charge is -2.04. The van der Waals surface area contributed by atoms with Gasteiger partial charge in [-0.2, -0.15) is 0 Å². The first kappa shape index (κ1) is 13.8. The minimum absolute atomic E-state index is 0.622. The van der Waals surface area contributed by atoms with Crippen LogP contribution in [0.15, 0.2) is 30.3 Å². The third-order valence-electron chi connectivity index (χ3n) is 3.27. The fraction of sp³-hybridized carbons (Fsp3) is 0.188. The van der Waals surface area contributed by atoms with Crippen molar-refractivity contribution in [1.82, 2.24) is 0 Å². The maximum absolute atomic E-state index is 8.31. The number of nitrogens with one attached hydrogen (secondary N) is 1. The SMILES string of the molecule is CCc1sc2sc(C)cc(=N)c2c1-c1ccc(Cl)cc1. The summed E-state index contributed by atoms with van der Waals surface area (Å²) in [4.78, 5) is 2.53. The van der Waals surface area contributed by atoms with Gasteiger partial charge in [-0.25, -0.2) is 0 Å². The molecule has 0 aliphatic heterocycles. The van der Waals surface area contributed by atoms with E-state index in [4.69, 9.17) is 17.0 Å². The van der Waals surface area contributed by atoms with Crippen LogP contribution in [0, 0.1) is 12.3 Å². The van der Waals surface area contributed by atoms with Crippen LogP contribution >= 0.6 is 34.3 Å². The average Bonchev–Trinajstić information content (AvgIpc) is 2.78. The first-order valence-electron chi connectivity index (χ1n) is 6.46. The summed E-state index contributed by atoms with van der Waals surface area (Å²) in [6, 6.07) is 9.89. The Morgan fingerprint density at radius 3 is 2.50 bits per heavy atom. The third-order valence-corrected chi connectivity index (χ3v) is 5.98. The molecule has 0 spiro atoms. The van der Waals surface area contributed by atoms with Crippen molar-refractivity contribution >= 4 is 43.7 Å². The van der Waals surface area contributed by atoms with Gasteiger partial charge in [0.25, 0.3) is 0 Å². The van der Waals surface area contributed by atoms with E-state index in [9.17, 15) is 0 Å². The number of hydrogen-bond donors (Lipinski definition) is 1. The average molecular weight is 320 g/mol. The summed E-state index contributed by atoms with van der Waals surface area (Å²) in [7, 11) is 0. The molecule has 2 heterocycles. The van der Waals surface area contributed by atoms with Gasteiger partial charge in [-0.3, -0.25) is 0 Å². The number of benzene rings is 1. The second-order valence-corrected chi connectivity index (χ2v) is 7.75. The lowest BCUT2D eigenvalue weighted by Crippen LogP contribution is -1.99. The van der Waals surface area contributed by atoms with E-state index in [1.54, 1.807) is 11.3 Å². The van der Waals surface area contributed by atoms with E-state index < -0.39 is 0 Å². The predicted octanol–water partition coefficient (Wildman–Crippen LogP) is 5.63. The second-order valence-electron chi connectivity index (χ2n) is 4.69.